The fraction of sp³-hybridized carbons (Fsp3) is 0. The lowest BCUT2D eigenvalue weighted by Crippen LogP contribution is -2.34. The van der Waals surface area contributed by atoms with Crippen LogP contribution in [0.3, 0.4) is 0 Å². The van der Waals surface area contributed by atoms with Crippen LogP contribution in [0.15, 0.2) is 12.4 Å². The average Bonchev–Trinajstić information content (AvgIpc) is 2.35. The fourth-order valence-corrected chi connectivity index (χ4v) is 0.652. The molecule has 5 nitrogen and oxygen atoms in total. The number of carbonyl (C=O) groups is 1. The molecule has 0 bridgehead atoms. The first-order chi connectivity index (χ1) is 5.20. The Hall–Kier alpha value is -1.43. The molecule has 0 unspecified atom stereocenters. The van der Waals surface area contributed by atoms with Gasteiger partial charge >= 0.3 is 0 Å². The lowest BCUT2D eigenvalue weighted by molar-refractivity contribution is 0.0977. The second-order valence-electron chi connectivity index (χ2n) is 1.81. The van der Waals surface area contributed by atoms with E-state index < -0.39 is 0 Å². The number of nitrogens with two attached hydrogens (primary N) is 1. The van der Waals surface area contributed by atoms with Gasteiger partial charge in [0.1, 0.15) is 0 Å². The van der Waals surface area contributed by atoms with Crippen LogP contribution in [0.25, 0.3) is 0 Å². The van der Waals surface area contributed by atoms with Crippen LogP contribution < -0.4 is 11.1 Å². The number of amides is 1. The van der Waals surface area contributed by atoms with E-state index in [1.807, 2.05) is 0 Å². The largest absolute Gasteiger partial charge is 0.376 e. The Morgan fingerprint density at radius 3 is 3.00 bits per heavy atom. The molecule has 1 aromatic rings. The zero-order valence-electron chi connectivity index (χ0n) is 5.50. The summed E-state index contributed by atoms with van der Waals surface area (Å²) in [5.41, 5.74) is 5.47. The number of nitrogens with zero attached hydrogens (tertiary/aromatic N) is 1. The highest BCUT2D eigenvalue weighted by molar-refractivity contribution is 7.80. The molecule has 1 rings (SSSR count). The molecule has 1 aromatic heterocycles. The lowest BCUT2D eigenvalue weighted by Gasteiger charge is -1.97. The number of H-pyrrole nitrogens is 1. The topological polar surface area (TPSA) is 83.8 Å². The summed E-state index contributed by atoms with van der Waals surface area (Å²) in [4.78, 5) is 11.0. The zero-order valence-corrected chi connectivity index (χ0v) is 6.31. The highest BCUT2D eigenvalue weighted by Gasteiger charge is 2.05. The summed E-state index contributed by atoms with van der Waals surface area (Å²) < 4.78 is 0. The molecular formula is C5H6N4OS. The minimum Gasteiger partial charge on any atom is -0.376 e. The van der Waals surface area contributed by atoms with Crippen molar-refractivity contribution in [2.45, 2.75) is 0 Å². The van der Waals surface area contributed by atoms with Crippen molar-refractivity contribution in [2.75, 3.05) is 0 Å². The zero-order chi connectivity index (χ0) is 8.27. The molecule has 0 fully saturated rings. The van der Waals surface area contributed by atoms with E-state index in [0.29, 0.717) is 5.56 Å². The van der Waals surface area contributed by atoms with Gasteiger partial charge in [-0.25, -0.2) is 0 Å². The van der Waals surface area contributed by atoms with Crippen LogP contribution in [-0.2, 0) is 0 Å². The number of aromatic amines is 1. The predicted octanol–water partition coefficient (Wildman–Crippen LogP) is -0.617. The number of nitrogens with one attached hydrogen (secondary N) is 2. The molecule has 11 heavy (non-hydrogen) atoms. The molecular weight excluding hydrogens is 164 g/mol. The standard InChI is InChI=1S/C5H6N4OS/c6-5(11)9-4(10)3-1-7-8-2-3/h1-2H,(H,7,8)(H3,6,9,10,11). The van der Waals surface area contributed by atoms with Crippen molar-refractivity contribution in [1.29, 1.82) is 0 Å². The van der Waals surface area contributed by atoms with E-state index in [0.717, 1.165) is 0 Å². The number of carbonyl (C=O) groups excluding carboxylic acids is 1. The van der Waals surface area contributed by atoms with E-state index in [2.05, 4.69) is 27.7 Å². The summed E-state index contributed by atoms with van der Waals surface area (Å²) in [5, 5.41) is 8.28. The van der Waals surface area contributed by atoms with Gasteiger partial charge in [0.25, 0.3) is 5.91 Å². The third-order valence-electron chi connectivity index (χ3n) is 0.997. The monoisotopic (exact) mass is 170 g/mol. The average molecular weight is 170 g/mol. The predicted molar refractivity (Wildman–Crippen MR) is 42.8 cm³/mol. The van der Waals surface area contributed by atoms with E-state index in [4.69, 9.17) is 5.73 Å². The molecule has 0 aliphatic rings. The summed E-state index contributed by atoms with van der Waals surface area (Å²) in [6, 6.07) is 0. The molecule has 0 atom stereocenters. The molecule has 0 radical (unpaired) electrons. The molecule has 0 saturated heterocycles. The van der Waals surface area contributed by atoms with Crippen molar-refractivity contribution < 1.29 is 4.79 Å². The molecule has 0 aliphatic heterocycles. The Morgan fingerprint density at radius 1 is 1.82 bits per heavy atom. The van der Waals surface area contributed by atoms with Gasteiger partial charge in [0.2, 0.25) is 0 Å². The van der Waals surface area contributed by atoms with E-state index in [1.54, 1.807) is 0 Å². The van der Waals surface area contributed by atoms with Crippen LogP contribution in [0.2, 0.25) is 0 Å². The molecule has 0 saturated carbocycles. The van der Waals surface area contributed by atoms with Crippen molar-refractivity contribution in [3.05, 3.63) is 18.0 Å². The van der Waals surface area contributed by atoms with Crippen LogP contribution in [-0.4, -0.2) is 21.2 Å². The maximum absolute atomic E-state index is 11.0. The van der Waals surface area contributed by atoms with Crippen LogP contribution in [0.1, 0.15) is 10.4 Å². The van der Waals surface area contributed by atoms with Crippen LogP contribution in [0.4, 0.5) is 0 Å². The van der Waals surface area contributed by atoms with Crippen molar-refractivity contribution >= 4 is 23.2 Å². The van der Waals surface area contributed by atoms with Gasteiger partial charge < -0.3 is 5.73 Å². The summed E-state index contributed by atoms with van der Waals surface area (Å²) >= 11 is 4.46. The van der Waals surface area contributed by atoms with Crippen LogP contribution >= 0.6 is 12.2 Å². The Bertz CT molecular complexity index is 268. The van der Waals surface area contributed by atoms with E-state index in [-0.39, 0.29) is 11.0 Å². The Balaban J connectivity index is 2.64. The molecule has 1 heterocycles. The van der Waals surface area contributed by atoms with Gasteiger partial charge in [-0.05, 0) is 12.2 Å². The van der Waals surface area contributed by atoms with Crippen molar-refractivity contribution in [3.8, 4) is 0 Å². The lowest BCUT2D eigenvalue weighted by atomic mass is 10.3. The third-order valence-corrected chi connectivity index (χ3v) is 1.10. The molecule has 0 spiro atoms. The first kappa shape index (κ1) is 7.67. The quantitative estimate of drug-likeness (QED) is 0.490. The highest BCUT2D eigenvalue weighted by Crippen LogP contribution is 1.91. The Labute approximate surface area is 68.0 Å². The van der Waals surface area contributed by atoms with Gasteiger partial charge in [-0.3, -0.25) is 15.2 Å². The molecule has 0 aliphatic carbocycles. The van der Waals surface area contributed by atoms with Gasteiger partial charge in [0.05, 0.1) is 11.8 Å². The summed E-state index contributed by atoms with van der Waals surface area (Å²) in [6.07, 6.45) is 2.83. The molecule has 0 aromatic carbocycles. The summed E-state index contributed by atoms with van der Waals surface area (Å²) in [5.74, 6) is -0.355. The summed E-state index contributed by atoms with van der Waals surface area (Å²) in [6.45, 7) is 0. The maximum atomic E-state index is 11.0. The van der Waals surface area contributed by atoms with Gasteiger partial charge in [0.15, 0.2) is 5.11 Å². The normalized spacial score (nSPS) is 9.09. The van der Waals surface area contributed by atoms with Gasteiger partial charge in [-0.1, -0.05) is 0 Å². The number of aromatic nitrogens is 2. The smallest absolute Gasteiger partial charge is 0.260 e. The van der Waals surface area contributed by atoms with Gasteiger partial charge in [-0.2, -0.15) is 5.10 Å². The first-order valence-corrected chi connectivity index (χ1v) is 3.20. The minimum atomic E-state index is -0.355. The van der Waals surface area contributed by atoms with Crippen molar-refractivity contribution in [3.63, 3.8) is 0 Å². The molecule has 1 amide bonds. The maximum Gasteiger partial charge on any atom is 0.260 e. The molecule has 4 N–H and O–H groups in total. The van der Waals surface area contributed by atoms with Gasteiger partial charge in [0, 0.05) is 6.20 Å². The second kappa shape index (κ2) is 3.11. The number of thiocarbonyl (C=S) groups is 1. The molecule has 6 heteroatoms. The minimum absolute atomic E-state index is 0.0452. The van der Waals surface area contributed by atoms with Crippen LogP contribution in [0.5, 0.6) is 0 Å². The van der Waals surface area contributed by atoms with E-state index in [9.17, 15) is 4.79 Å². The second-order valence-corrected chi connectivity index (χ2v) is 2.25. The molecule has 58 valence electrons. The number of hydrogen-bond donors (Lipinski definition) is 3. The Kier molecular flexibility index (Phi) is 2.17. The summed E-state index contributed by atoms with van der Waals surface area (Å²) in [7, 11) is 0. The SMILES string of the molecule is NC(=S)NC(=O)c1cn[nH]c1. The third kappa shape index (κ3) is 2.01. The highest BCUT2D eigenvalue weighted by atomic mass is 32.1. The van der Waals surface area contributed by atoms with E-state index >= 15 is 0 Å². The number of rotatable bonds is 1. The fourth-order valence-electron chi connectivity index (χ4n) is 0.559. The van der Waals surface area contributed by atoms with Crippen molar-refractivity contribution in [2.24, 2.45) is 5.73 Å². The van der Waals surface area contributed by atoms with Crippen LogP contribution in [0, 0.1) is 0 Å². The Morgan fingerprint density at radius 2 is 2.55 bits per heavy atom. The van der Waals surface area contributed by atoms with Gasteiger partial charge in [-0.15, -0.1) is 0 Å². The van der Waals surface area contributed by atoms with E-state index in [1.165, 1.54) is 12.4 Å². The van der Waals surface area contributed by atoms with Crippen molar-refractivity contribution in [1.82, 2.24) is 15.5 Å². The first-order valence-electron chi connectivity index (χ1n) is 2.79. The number of hydrogen-bond acceptors (Lipinski definition) is 3.